The van der Waals surface area contributed by atoms with E-state index in [4.69, 9.17) is 31.1 Å². The summed E-state index contributed by atoms with van der Waals surface area (Å²) in [5.74, 6) is -1.53. The molecule has 0 spiro atoms. The fraction of sp³-hybridized carbons (Fsp3) is 0.355. The minimum atomic E-state index is -4.52. The van der Waals surface area contributed by atoms with Crippen LogP contribution < -0.4 is 24.4 Å². The summed E-state index contributed by atoms with van der Waals surface area (Å²) in [5, 5.41) is 20.6. The van der Waals surface area contributed by atoms with Crippen molar-refractivity contribution in [1.29, 1.82) is 0 Å². The van der Waals surface area contributed by atoms with E-state index in [1.54, 1.807) is 45.0 Å². The number of fused-ring (bicyclic) bond motifs is 1. The number of nitro groups is 1. The van der Waals surface area contributed by atoms with Crippen LogP contribution in [0.5, 0.6) is 17.2 Å². The van der Waals surface area contributed by atoms with Crippen LogP contribution in [0.1, 0.15) is 36.7 Å². The van der Waals surface area contributed by atoms with Gasteiger partial charge >= 0.3 is 28.0 Å². The number of hydrogen-bond donors (Lipinski definition) is 4. The minimum absolute atomic E-state index is 0.0111. The molecule has 0 fully saturated rings. The highest BCUT2D eigenvalue weighted by atomic mass is 35.5. The first-order valence-electron chi connectivity index (χ1n) is 15.2. The van der Waals surface area contributed by atoms with Gasteiger partial charge in [-0.1, -0.05) is 23.7 Å². The van der Waals surface area contributed by atoms with E-state index in [0.29, 0.717) is 22.1 Å². The van der Waals surface area contributed by atoms with Crippen LogP contribution in [0.25, 0.3) is 0 Å². The zero-order valence-electron chi connectivity index (χ0n) is 29.6. The average Bonchev–Trinajstić information content (AvgIpc) is 3.00. The predicted octanol–water partition coefficient (Wildman–Crippen LogP) is 5.32. The van der Waals surface area contributed by atoms with E-state index in [0.717, 1.165) is 22.5 Å². The van der Waals surface area contributed by atoms with Gasteiger partial charge in [0, 0.05) is 18.2 Å². The number of aliphatic carboxylic acids is 1. The number of amides is 1. The normalized spacial score (nSPS) is 14.0. The Hall–Kier alpha value is -4.11. The van der Waals surface area contributed by atoms with Gasteiger partial charge in [0.2, 0.25) is 5.75 Å². The van der Waals surface area contributed by atoms with Gasteiger partial charge in [-0.25, -0.2) is 4.31 Å². The highest BCUT2D eigenvalue weighted by Gasteiger charge is 2.37. The molecule has 0 saturated heterocycles. The lowest BCUT2D eigenvalue weighted by atomic mass is 10.1. The monoisotopic (exact) mass is 846 g/mol. The van der Waals surface area contributed by atoms with Gasteiger partial charge in [0.25, 0.3) is 5.91 Å². The van der Waals surface area contributed by atoms with E-state index in [1.165, 1.54) is 18.2 Å². The van der Waals surface area contributed by atoms with E-state index in [-0.39, 0.29) is 34.6 Å². The number of anilines is 1. The van der Waals surface area contributed by atoms with Gasteiger partial charge in [-0.2, -0.15) is 21.6 Å². The van der Waals surface area contributed by atoms with Gasteiger partial charge in [-0.05, 0) is 68.1 Å². The number of carbonyl (C=O) groups is 2. The van der Waals surface area contributed by atoms with E-state index >= 15 is 0 Å². The van der Waals surface area contributed by atoms with Crippen LogP contribution in [0, 0.1) is 10.1 Å². The minimum Gasteiger partial charge on any atom is -0.778 e. The zero-order valence-corrected chi connectivity index (χ0v) is 32.9. The number of ether oxygens (including phenoxy) is 2. The Balaban J connectivity index is 0.000000417. The summed E-state index contributed by atoms with van der Waals surface area (Å²) < 4.78 is 85.1. The van der Waals surface area contributed by atoms with Crippen LogP contribution in [-0.2, 0) is 36.6 Å². The van der Waals surface area contributed by atoms with Crippen molar-refractivity contribution in [3.05, 3.63) is 86.9 Å². The fourth-order valence-electron chi connectivity index (χ4n) is 3.86. The predicted molar refractivity (Wildman–Crippen MR) is 197 cm³/mol. The molecule has 54 heavy (non-hydrogen) atoms. The number of nitrogens with one attached hydrogen (secondary N) is 2. The fourth-order valence-corrected chi connectivity index (χ4v) is 5.90. The molecule has 4 rings (SSSR count). The largest absolute Gasteiger partial charge is 0.778 e. The summed E-state index contributed by atoms with van der Waals surface area (Å²) >= 11 is 5.80. The van der Waals surface area contributed by atoms with Crippen molar-refractivity contribution < 1.29 is 65.0 Å². The standard InChI is InChI=1S/C15H11ClF3NO4.C10H12N2O3S.C3H8NO5P.C3H9S/c1-2-23-14-8-10(4-5-12(14)20(21)22)24-13-6-3-9(7-11(13)16)15(17,18)19;1-7(2)12-10(13)8-5-3-4-6-9(8)11-16(12,14)15;5-3(6)1-4-2-10(7,8)9;1-4(2)3/h3-8H,2H2,1H3;3-7,11H,1-2H3;4H,1-2H2,(H,5,6)(H2,7,8,9);1-3H3/q;;;+1/p-1. The van der Waals surface area contributed by atoms with Crippen LogP contribution in [0.2, 0.25) is 5.02 Å². The highest BCUT2D eigenvalue weighted by molar-refractivity contribution is 7.94. The number of nitrogens with zero attached hydrogens (tertiary/aromatic N) is 2. The van der Waals surface area contributed by atoms with Crippen LogP contribution in [0.15, 0.2) is 60.7 Å². The first kappa shape index (κ1) is 47.9. The molecule has 1 heterocycles. The number of carbonyl (C=O) groups excluding carboxylic acids is 1. The molecule has 4 N–H and O–H groups in total. The molecule has 0 radical (unpaired) electrons. The summed E-state index contributed by atoms with van der Waals surface area (Å²) in [6.07, 6.45) is 1.36. The molecule has 1 atom stereocenters. The summed E-state index contributed by atoms with van der Waals surface area (Å²) in [4.78, 5) is 50.0. The van der Waals surface area contributed by atoms with Gasteiger partial charge in [-0.3, -0.25) is 29.7 Å². The summed E-state index contributed by atoms with van der Waals surface area (Å²) in [5.41, 5.74) is -0.434. The zero-order chi connectivity index (χ0) is 41.6. The third kappa shape index (κ3) is 16.5. The maximum atomic E-state index is 12.6. The maximum Gasteiger partial charge on any atom is 0.416 e. The molecule has 0 aromatic heterocycles. The van der Waals surface area contributed by atoms with Crippen molar-refractivity contribution in [1.82, 2.24) is 9.62 Å². The molecule has 3 aromatic rings. The lowest BCUT2D eigenvalue weighted by Gasteiger charge is -2.31. The molecule has 0 saturated carbocycles. The third-order valence-corrected chi connectivity index (χ3v) is 8.33. The van der Waals surface area contributed by atoms with Crippen LogP contribution in [-0.4, -0.2) is 83.8 Å². The first-order valence-corrected chi connectivity index (χ1v) is 21.2. The second kappa shape index (κ2) is 21.1. The van der Waals surface area contributed by atoms with E-state index < -0.39 is 65.2 Å². The topological polar surface area (TPSA) is 238 Å². The number of rotatable bonds is 10. The van der Waals surface area contributed by atoms with Gasteiger partial charge < -0.3 is 28.9 Å². The van der Waals surface area contributed by atoms with E-state index in [9.17, 15) is 50.8 Å². The molecule has 1 unspecified atom stereocenters. The van der Waals surface area contributed by atoms with Gasteiger partial charge in [0.1, 0.15) is 19.1 Å². The number of carboxylic acid groups (broad SMARTS) is 1. The van der Waals surface area contributed by atoms with Crippen molar-refractivity contribution in [2.24, 2.45) is 0 Å². The lowest BCUT2D eigenvalue weighted by Crippen LogP contribution is -2.48. The molecule has 1 amide bonds. The van der Waals surface area contributed by atoms with Crippen molar-refractivity contribution >= 4 is 63.6 Å². The molecule has 0 aliphatic carbocycles. The Morgan fingerprint density at radius 3 is 2.19 bits per heavy atom. The second-order valence-corrected chi connectivity index (χ2v) is 17.2. The van der Waals surface area contributed by atoms with Crippen LogP contribution >= 0.6 is 19.2 Å². The van der Waals surface area contributed by atoms with Gasteiger partial charge in [0.15, 0.2) is 0 Å². The molecule has 1 aliphatic rings. The number of para-hydroxylation sites is 1. The number of alkyl halides is 3. The Kier molecular flexibility index (Phi) is 18.7. The van der Waals surface area contributed by atoms with Crippen LogP contribution in [0.4, 0.5) is 24.5 Å². The second-order valence-electron chi connectivity index (χ2n) is 11.3. The molecular weight excluding hydrogens is 808 g/mol. The Bertz CT molecular complexity index is 1910. The Morgan fingerprint density at radius 2 is 1.70 bits per heavy atom. The summed E-state index contributed by atoms with van der Waals surface area (Å²) in [7, 11) is -7.46. The summed E-state index contributed by atoms with van der Waals surface area (Å²) in [6, 6.07) is 12.6. The number of nitro benzene ring substituents is 1. The Morgan fingerprint density at radius 1 is 1.11 bits per heavy atom. The third-order valence-electron chi connectivity index (χ3n) is 5.83. The van der Waals surface area contributed by atoms with E-state index in [2.05, 4.69) is 23.5 Å². The SMILES string of the molecule is CC(C)N1C(=O)c2ccccc2NS1(=O)=O.CCOc1cc(Oc2ccc(C(F)(F)F)cc2Cl)ccc1[N+](=O)[O-].C[S+](C)C.O=C(O)CNCP(=O)([O-])O. The smallest absolute Gasteiger partial charge is 0.416 e. The number of carboxylic acids is 1. The summed E-state index contributed by atoms with van der Waals surface area (Å²) in [6.45, 7) is 4.69. The molecule has 16 nitrogen and oxygen atoms in total. The molecule has 0 bridgehead atoms. The lowest BCUT2D eigenvalue weighted by molar-refractivity contribution is -0.385. The number of benzene rings is 3. The number of halogens is 4. The van der Waals surface area contributed by atoms with Crippen LogP contribution in [0.3, 0.4) is 0 Å². The highest BCUT2D eigenvalue weighted by Crippen LogP contribution is 2.38. The van der Waals surface area contributed by atoms with Gasteiger partial charge in [0.05, 0.1) is 65.0 Å². The van der Waals surface area contributed by atoms with Gasteiger partial charge in [-0.15, -0.1) is 0 Å². The molecule has 300 valence electrons. The van der Waals surface area contributed by atoms with Crippen molar-refractivity contribution in [2.45, 2.75) is 33.0 Å². The Labute approximate surface area is 317 Å². The van der Waals surface area contributed by atoms with Crippen molar-refractivity contribution in [2.75, 3.05) is 42.9 Å². The van der Waals surface area contributed by atoms with Crippen molar-refractivity contribution in [3.63, 3.8) is 0 Å². The van der Waals surface area contributed by atoms with E-state index in [1.807, 2.05) is 5.32 Å². The number of hydrogen-bond acceptors (Lipinski definition) is 11. The average molecular weight is 847 g/mol. The molecule has 1 aliphatic heterocycles. The first-order chi connectivity index (χ1) is 24.8. The molecule has 3 aromatic carbocycles. The maximum absolute atomic E-state index is 12.6. The molecule has 23 heteroatoms. The van der Waals surface area contributed by atoms with Crippen molar-refractivity contribution in [3.8, 4) is 17.2 Å². The quantitative estimate of drug-likeness (QED) is 0.0876. The molecular formula is C31H39ClF3N4O12PS2.